The lowest BCUT2D eigenvalue weighted by atomic mass is 10.1. The van der Waals surface area contributed by atoms with Gasteiger partial charge in [0, 0.05) is 29.4 Å². The molecule has 0 saturated carbocycles. The number of nitrogens with zero attached hydrogens (tertiary/aromatic N) is 3. The van der Waals surface area contributed by atoms with Gasteiger partial charge in [0.2, 0.25) is 10.0 Å². The first-order valence-electron chi connectivity index (χ1n) is 8.28. The van der Waals surface area contributed by atoms with E-state index in [0.717, 1.165) is 22.9 Å². The number of para-hydroxylation sites is 1. The second-order valence-corrected chi connectivity index (χ2v) is 8.11. The third-order valence-electron chi connectivity index (χ3n) is 3.98. The van der Waals surface area contributed by atoms with Gasteiger partial charge in [-0.05, 0) is 31.2 Å². The van der Waals surface area contributed by atoms with Crippen LogP contribution in [0.2, 0.25) is 0 Å². The van der Waals surface area contributed by atoms with E-state index in [1.165, 1.54) is 11.0 Å². The number of aryl methyl sites for hydroxylation is 1. The molecule has 1 N–H and O–H groups in total. The lowest BCUT2D eigenvalue weighted by Gasteiger charge is -2.17. The van der Waals surface area contributed by atoms with Crippen LogP contribution >= 0.6 is 0 Å². The standard InChI is InChI=1S/C19H20N4O3S/c1-13-16-9-4-5-10-17(16)21-18(20-13)12-23(2)19(24)14-7-6-8-15(11-14)22-27(3,25)26/h4-11,22H,12H2,1-3H3. The second-order valence-electron chi connectivity index (χ2n) is 6.36. The Morgan fingerprint density at radius 1 is 1.11 bits per heavy atom. The Kier molecular flexibility index (Phi) is 5.09. The zero-order valence-electron chi connectivity index (χ0n) is 15.3. The second kappa shape index (κ2) is 7.32. The molecule has 8 heteroatoms. The third kappa shape index (κ3) is 4.59. The van der Waals surface area contributed by atoms with Gasteiger partial charge in [0.05, 0.1) is 18.3 Å². The summed E-state index contributed by atoms with van der Waals surface area (Å²) in [7, 11) is -1.75. The summed E-state index contributed by atoms with van der Waals surface area (Å²) < 4.78 is 25.1. The monoisotopic (exact) mass is 384 g/mol. The zero-order chi connectivity index (χ0) is 19.6. The number of rotatable bonds is 5. The summed E-state index contributed by atoms with van der Waals surface area (Å²) in [6, 6.07) is 14.1. The Morgan fingerprint density at radius 2 is 1.85 bits per heavy atom. The number of carbonyl (C=O) groups excluding carboxylic acids is 1. The molecule has 0 atom stereocenters. The summed E-state index contributed by atoms with van der Waals surface area (Å²) in [5.74, 6) is 0.300. The zero-order valence-corrected chi connectivity index (χ0v) is 16.1. The fourth-order valence-electron chi connectivity index (χ4n) is 2.80. The summed E-state index contributed by atoms with van der Waals surface area (Å²) in [6.07, 6.45) is 1.06. The molecule has 1 heterocycles. The summed E-state index contributed by atoms with van der Waals surface area (Å²) in [5, 5.41) is 0.981. The first-order valence-corrected chi connectivity index (χ1v) is 10.2. The first-order chi connectivity index (χ1) is 12.7. The van der Waals surface area contributed by atoms with Crippen molar-refractivity contribution < 1.29 is 13.2 Å². The molecule has 0 aliphatic heterocycles. The van der Waals surface area contributed by atoms with Crippen LogP contribution in [-0.2, 0) is 16.6 Å². The number of aromatic nitrogens is 2. The van der Waals surface area contributed by atoms with Crippen LogP contribution in [0.5, 0.6) is 0 Å². The van der Waals surface area contributed by atoms with E-state index in [0.29, 0.717) is 17.1 Å². The highest BCUT2D eigenvalue weighted by molar-refractivity contribution is 7.92. The third-order valence-corrected chi connectivity index (χ3v) is 4.58. The minimum absolute atomic E-state index is 0.244. The summed E-state index contributed by atoms with van der Waals surface area (Å²) in [5.41, 5.74) is 2.41. The maximum Gasteiger partial charge on any atom is 0.254 e. The highest BCUT2D eigenvalue weighted by Crippen LogP contribution is 2.17. The number of hydrogen-bond donors (Lipinski definition) is 1. The molecule has 3 rings (SSSR count). The molecule has 0 saturated heterocycles. The number of fused-ring (bicyclic) bond motifs is 1. The van der Waals surface area contributed by atoms with E-state index in [9.17, 15) is 13.2 Å². The average Bonchev–Trinajstić information content (AvgIpc) is 2.60. The van der Waals surface area contributed by atoms with Crippen LogP contribution in [0.15, 0.2) is 48.5 Å². The summed E-state index contributed by atoms with van der Waals surface area (Å²) in [4.78, 5) is 23.2. The lowest BCUT2D eigenvalue weighted by molar-refractivity contribution is 0.0781. The summed E-state index contributed by atoms with van der Waals surface area (Å²) in [6.45, 7) is 2.16. The molecule has 3 aromatic rings. The van der Waals surface area contributed by atoms with E-state index >= 15 is 0 Å². The number of anilines is 1. The van der Waals surface area contributed by atoms with Crippen LogP contribution < -0.4 is 4.72 Å². The fraction of sp³-hybridized carbons (Fsp3) is 0.211. The van der Waals surface area contributed by atoms with Gasteiger partial charge in [-0.15, -0.1) is 0 Å². The highest BCUT2D eigenvalue weighted by atomic mass is 32.2. The smallest absolute Gasteiger partial charge is 0.254 e. The van der Waals surface area contributed by atoms with Gasteiger partial charge in [-0.1, -0.05) is 24.3 Å². The molecule has 0 unspecified atom stereocenters. The predicted octanol–water partition coefficient (Wildman–Crippen LogP) is 2.58. The minimum atomic E-state index is -3.41. The van der Waals surface area contributed by atoms with Gasteiger partial charge in [-0.3, -0.25) is 9.52 Å². The molecule has 0 fully saturated rings. The molecule has 0 aliphatic carbocycles. The maximum absolute atomic E-state index is 12.7. The van der Waals surface area contributed by atoms with Crippen LogP contribution in [-0.4, -0.2) is 42.5 Å². The molecule has 27 heavy (non-hydrogen) atoms. The van der Waals surface area contributed by atoms with Gasteiger partial charge >= 0.3 is 0 Å². The van der Waals surface area contributed by atoms with E-state index < -0.39 is 10.0 Å². The lowest BCUT2D eigenvalue weighted by Crippen LogP contribution is -2.27. The summed E-state index contributed by atoms with van der Waals surface area (Å²) >= 11 is 0. The van der Waals surface area contributed by atoms with Crippen molar-refractivity contribution in [1.29, 1.82) is 0 Å². The molecule has 140 valence electrons. The van der Waals surface area contributed by atoms with E-state index in [2.05, 4.69) is 14.7 Å². The topological polar surface area (TPSA) is 92.3 Å². The van der Waals surface area contributed by atoms with Crippen LogP contribution in [0.25, 0.3) is 10.9 Å². The number of nitrogens with one attached hydrogen (secondary N) is 1. The number of amides is 1. The van der Waals surface area contributed by atoms with E-state index in [-0.39, 0.29) is 12.5 Å². The van der Waals surface area contributed by atoms with Crippen molar-refractivity contribution in [3.63, 3.8) is 0 Å². The molecule has 0 spiro atoms. The highest BCUT2D eigenvalue weighted by Gasteiger charge is 2.15. The molecule has 0 aliphatic rings. The van der Waals surface area contributed by atoms with Gasteiger partial charge in [0.15, 0.2) is 0 Å². The Morgan fingerprint density at radius 3 is 2.59 bits per heavy atom. The van der Waals surface area contributed by atoms with Gasteiger partial charge < -0.3 is 4.90 Å². The molecule has 2 aromatic carbocycles. The first kappa shape index (κ1) is 18.8. The molecule has 7 nitrogen and oxygen atoms in total. The Labute approximate surface area is 158 Å². The van der Waals surface area contributed by atoms with Crippen molar-refractivity contribution in [2.45, 2.75) is 13.5 Å². The van der Waals surface area contributed by atoms with Crippen molar-refractivity contribution in [2.75, 3.05) is 18.0 Å². The van der Waals surface area contributed by atoms with Gasteiger partial charge in [0.25, 0.3) is 5.91 Å². The van der Waals surface area contributed by atoms with Crippen molar-refractivity contribution in [1.82, 2.24) is 14.9 Å². The number of benzene rings is 2. The van der Waals surface area contributed by atoms with Crippen LogP contribution in [0.3, 0.4) is 0 Å². The van der Waals surface area contributed by atoms with Crippen molar-refractivity contribution in [2.24, 2.45) is 0 Å². The average molecular weight is 384 g/mol. The molecule has 0 bridgehead atoms. The van der Waals surface area contributed by atoms with E-state index in [1.54, 1.807) is 25.2 Å². The molecule has 1 amide bonds. The Balaban J connectivity index is 1.81. The van der Waals surface area contributed by atoms with Crippen LogP contribution in [0.1, 0.15) is 21.9 Å². The van der Waals surface area contributed by atoms with Crippen molar-refractivity contribution in [3.8, 4) is 0 Å². The molecule has 0 radical (unpaired) electrons. The van der Waals surface area contributed by atoms with E-state index in [4.69, 9.17) is 0 Å². The predicted molar refractivity (Wildman–Crippen MR) is 105 cm³/mol. The number of sulfonamides is 1. The fourth-order valence-corrected chi connectivity index (χ4v) is 3.35. The quantitative estimate of drug-likeness (QED) is 0.730. The minimum Gasteiger partial charge on any atom is -0.334 e. The SMILES string of the molecule is Cc1nc(CN(C)C(=O)c2cccc(NS(C)(=O)=O)c2)nc2ccccc12. The molecular weight excluding hydrogens is 364 g/mol. The molecular formula is C19H20N4O3S. The van der Waals surface area contributed by atoms with Gasteiger partial charge in [0.1, 0.15) is 5.82 Å². The maximum atomic E-state index is 12.7. The van der Waals surface area contributed by atoms with Crippen molar-refractivity contribution in [3.05, 3.63) is 65.6 Å². The van der Waals surface area contributed by atoms with Crippen molar-refractivity contribution >= 4 is 32.5 Å². The van der Waals surface area contributed by atoms with Gasteiger partial charge in [-0.25, -0.2) is 18.4 Å². The Hall–Kier alpha value is -3.00. The number of hydrogen-bond acceptors (Lipinski definition) is 5. The van der Waals surface area contributed by atoms with Crippen LogP contribution in [0, 0.1) is 6.92 Å². The van der Waals surface area contributed by atoms with E-state index in [1.807, 2.05) is 31.2 Å². The van der Waals surface area contributed by atoms with Crippen LogP contribution in [0.4, 0.5) is 5.69 Å². The Bertz CT molecular complexity index is 1110. The van der Waals surface area contributed by atoms with Gasteiger partial charge in [-0.2, -0.15) is 0 Å². The number of carbonyl (C=O) groups is 1. The molecule has 1 aromatic heterocycles. The largest absolute Gasteiger partial charge is 0.334 e. The normalized spacial score (nSPS) is 11.4.